The highest BCUT2D eigenvalue weighted by molar-refractivity contribution is 5.74. The van der Waals surface area contributed by atoms with E-state index in [4.69, 9.17) is 0 Å². The first-order chi connectivity index (χ1) is 13.4. The summed E-state index contributed by atoms with van der Waals surface area (Å²) < 4.78 is 1.74. The highest BCUT2D eigenvalue weighted by Crippen LogP contribution is 2.19. The van der Waals surface area contributed by atoms with Crippen LogP contribution in [0.4, 0.5) is 4.79 Å². The van der Waals surface area contributed by atoms with Crippen molar-refractivity contribution in [2.75, 3.05) is 26.2 Å². The molecule has 8 heteroatoms. The van der Waals surface area contributed by atoms with E-state index in [1.54, 1.807) is 4.68 Å². The highest BCUT2D eigenvalue weighted by Gasteiger charge is 2.26. The Balaban J connectivity index is 1.55. The molecule has 0 spiro atoms. The Labute approximate surface area is 167 Å². The molecule has 2 aromatic heterocycles. The van der Waals surface area contributed by atoms with Crippen LogP contribution < -0.4 is 5.32 Å². The Hall–Kier alpha value is -2.48. The lowest BCUT2D eigenvalue weighted by Gasteiger charge is -2.35. The molecule has 152 valence electrons. The second kappa shape index (κ2) is 9.14. The molecule has 0 unspecified atom stereocenters. The van der Waals surface area contributed by atoms with Gasteiger partial charge in [-0.3, -0.25) is 14.6 Å². The molecule has 1 atom stereocenters. The SMILES string of the molecule is Cc1cccnc1CN1CCN(C(=O)N[C@@H](CC(C)C)c2ncnn2C)CC1. The van der Waals surface area contributed by atoms with Gasteiger partial charge >= 0.3 is 6.03 Å². The maximum atomic E-state index is 12.8. The van der Waals surface area contributed by atoms with E-state index in [9.17, 15) is 4.79 Å². The summed E-state index contributed by atoms with van der Waals surface area (Å²) in [5.74, 6) is 1.24. The number of carbonyl (C=O) groups excluding carboxylic acids is 1. The Morgan fingerprint density at radius 3 is 2.57 bits per heavy atom. The van der Waals surface area contributed by atoms with Crippen molar-refractivity contribution < 1.29 is 4.79 Å². The first kappa shape index (κ1) is 20.3. The molecule has 3 heterocycles. The molecular weight excluding hydrogens is 354 g/mol. The molecule has 1 fully saturated rings. The average molecular weight is 386 g/mol. The number of nitrogens with one attached hydrogen (secondary N) is 1. The van der Waals surface area contributed by atoms with Gasteiger partial charge in [-0.25, -0.2) is 9.78 Å². The second-order valence-electron chi connectivity index (χ2n) is 7.90. The maximum Gasteiger partial charge on any atom is 0.318 e. The average Bonchev–Trinajstić information content (AvgIpc) is 3.09. The minimum atomic E-state index is -0.130. The Bertz CT molecular complexity index is 780. The number of hydrogen-bond donors (Lipinski definition) is 1. The number of hydrogen-bond acceptors (Lipinski definition) is 5. The summed E-state index contributed by atoms with van der Waals surface area (Å²) in [6.07, 6.45) is 4.21. The standard InChI is InChI=1S/C20H31N7O/c1-15(2)12-17(19-22-14-23-25(19)4)24-20(28)27-10-8-26(9-11-27)13-18-16(3)6-5-7-21-18/h5-7,14-15,17H,8-13H2,1-4H3,(H,24,28)/t17-/m0/s1. The fourth-order valence-electron chi connectivity index (χ4n) is 3.57. The predicted octanol–water partition coefficient (Wildman–Crippen LogP) is 2.13. The summed E-state index contributed by atoms with van der Waals surface area (Å²) in [4.78, 5) is 25.9. The quantitative estimate of drug-likeness (QED) is 0.824. The Morgan fingerprint density at radius 2 is 1.96 bits per heavy atom. The Morgan fingerprint density at radius 1 is 1.21 bits per heavy atom. The third kappa shape index (κ3) is 5.07. The lowest BCUT2D eigenvalue weighted by atomic mass is 10.0. The van der Waals surface area contributed by atoms with E-state index < -0.39 is 0 Å². The van der Waals surface area contributed by atoms with Gasteiger partial charge in [-0.1, -0.05) is 19.9 Å². The van der Waals surface area contributed by atoms with Gasteiger partial charge in [-0.05, 0) is 30.9 Å². The van der Waals surface area contributed by atoms with Crippen LogP contribution in [0.25, 0.3) is 0 Å². The number of aryl methyl sites for hydroxylation is 2. The van der Waals surface area contributed by atoms with Gasteiger partial charge in [0, 0.05) is 46.0 Å². The minimum absolute atomic E-state index is 0.0256. The smallest absolute Gasteiger partial charge is 0.318 e. The van der Waals surface area contributed by atoms with Crippen molar-refractivity contribution in [3.63, 3.8) is 0 Å². The fourth-order valence-corrected chi connectivity index (χ4v) is 3.57. The lowest BCUT2D eigenvalue weighted by molar-refractivity contribution is 0.131. The largest absolute Gasteiger partial charge is 0.328 e. The summed E-state index contributed by atoms with van der Waals surface area (Å²) >= 11 is 0. The van der Waals surface area contributed by atoms with Crippen LogP contribution in [0.15, 0.2) is 24.7 Å². The van der Waals surface area contributed by atoms with Crippen molar-refractivity contribution in [3.8, 4) is 0 Å². The van der Waals surface area contributed by atoms with Crippen molar-refractivity contribution in [1.29, 1.82) is 0 Å². The molecule has 2 aromatic rings. The van der Waals surface area contributed by atoms with Gasteiger partial charge in [0.2, 0.25) is 0 Å². The highest BCUT2D eigenvalue weighted by atomic mass is 16.2. The number of aromatic nitrogens is 4. The molecule has 0 radical (unpaired) electrons. The first-order valence-electron chi connectivity index (χ1n) is 9.96. The van der Waals surface area contributed by atoms with Crippen LogP contribution in [0.1, 0.15) is 43.4 Å². The molecule has 1 aliphatic rings. The summed E-state index contributed by atoms with van der Waals surface area (Å²) in [6, 6.07) is 3.90. The lowest BCUT2D eigenvalue weighted by Crippen LogP contribution is -2.52. The molecular formula is C20H31N7O. The summed E-state index contributed by atoms with van der Waals surface area (Å²) in [6.45, 7) is 10.3. The molecule has 8 nitrogen and oxygen atoms in total. The van der Waals surface area contributed by atoms with Gasteiger partial charge < -0.3 is 10.2 Å². The monoisotopic (exact) mass is 385 g/mol. The number of amides is 2. The third-order valence-electron chi connectivity index (χ3n) is 5.21. The molecule has 3 rings (SSSR count). The van der Waals surface area contributed by atoms with Crippen molar-refractivity contribution in [3.05, 3.63) is 41.7 Å². The predicted molar refractivity (Wildman–Crippen MR) is 108 cm³/mol. The van der Waals surface area contributed by atoms with Crippen LogP contribution in [0.3, 0.4) is 0 Å². The Kier molecular flexibility index (Phi) is 6.61. The molecule has 1 saturated heterocycles. The van der Waals surface area contributed by atoms with Crippen molar-refractivity contribution >= 4 is 6.03 Å². The molecule has 0 bridgehead atoms. The van der Waals surface area contributed by atoms with E-state index in [2.05, 4.69) is 52.1 Å². The molecule has 28 heavy (non-hydrogen) atoms. The zero-order valence-electron chi connectivity index (χ0n) is 17.3. The van der Waals surface area contributed by atoms with E-state index in [1.165, 1.54) is 11.9 Å². The first-order valence-corrected chi connectivity index (χ1v) is 9.96. The van der Waals surface area contributed by atoms with E-state index in [-0.39, 0.29) is 12.1 Å². The fraction of sp³-hybridized carbons (Fsp3) is 0.600. The van der Waals surface area contributed by atoms with Gasteiger partial charge in [0.05, 0.1) is 11.7 Å². The minimum Gasteiger partial charge on any atom is -0.328 e. The molecule has 0 aliphatic carbocycles. The van der Waals surface area contributed by atoms with Crippen LogP contribution >= 0.6 is 0 Å². The number of pyridine rings is 1. The van der Waals surface area contributed by atoms with Crippen LogP contribution in [0, 0.1) is 12.8 Å². The molecule has 2 amide bonds. The van der Waals surface area contributed by atoms with Crippen molar-refractivity contribution in [1.82, 2.24) is 34.9 Å². The molecule has 1 aliphatic heterocycles. The van der Waals surface area contributed by atoms with Crippen LogP contribution in [-0.4, -0.2) is 61.8 Å². The third-order valence-corrected chi connectivity index (χ3v) is 5.21. The van der Waals surface area contributed by atoms with Gasteiger partial charge in [0.25, 0.3) is 0 Å². The number of carbonyl (C=O) groups is 1. The number of urea groups is 1. The summed E-state index contributed by atoms with van der Waals surface area (Å²) in [7, 11) is 1.86. The second-order valence-corrected chi connectivity index (χ2v) is 7.90. The number of piperazine rings is 1. The van der Waals surface area contributed by atoms with E-state index in [0.29, 0.717) is 19.0 Å². The molecule has 1 N–H and O–H groups in total. The molecule has 0 aromatic carbocycles. The zero-order chi connectivity index (χ0) is 20.1. The van der Waals surface area contributed by atoms with Crippen molar-refractivity contribution in [2.45, 2.75) is 39.8 Å². The van der Waals surface area contributed by atoms with E-state index in [1.807, 2.05) is 24.2 Å². The van der Waals surface area contributed by atoms with Gasteiger partial charge in [0.15, 0.2) is 0 Å². The normalized spacial score (nSPS) is 16.4. The molecule has 0 saturated carbocycles. The van der Waals surface area contributed by atoms with Crippen LogP contribution in [0.2, 0.25) is 0 Å². The van der Waals surface area contributed by atoms with Crippen molar-refractivity contribution in [2.24, 2.45) is 13.0 Å². The summed E-state index contributed by atoms with van der Waals surface area (Å²) in [5.41, 5.74) is 2.32. The van der Waals surface area contributed by atoms with E-state index >= 15 is 0 Å². The van der Waals surface area contributed by atoms with Gasteiger partial charge in [-0.2, -0.15) is 5.10 Å². The van der Waals surface area contributed by atoms with E-state index in [0.717, 1.165) is 37.6 Å². The summed E-state index contributed by atoms with van der Waals surface area (Å²) in [5, 5.41) is 7.32. The van der Waals surface area contributed by atoms with Gasteiger partial charge in [0.1, 0.15) is 12.2 Å². The number of nitrogens with zero attached hydrogens (tertiary/aromatic N) is 6. The number of rotatable bonds is 6. The topological polar surface area (TPSA) is 79.2 Å². The van der Waals surface area contributed by atoms with Crippen LogP contribution in [0.5, 0.6) is 0 Å². The van der Waals surface area contributed by atoms with Gasteiger partial charge in [-0.15, -0.1) is 0 Å². The maximum absolute atomic E-state index is 12.8. The zero-order valence-corrected chi connectivity index (χ0v) is 17.3. The van der Waals surface area contributed by atoms with Crippen LogP contribution in [-0.2, 0) is 13.6 Å².